The first-order valence-corrected chi connectivity index (χ1v) is 10.1. The van der Waals surface area contributed by atoms with E-state index in [1.807, 2.05) is 31.2 Å². The highest BCUT2D eigenvalue weighted by molar-refractivity contribution is 6.05. The molecule has 2 N–H and O–H groups in total. The smallest absolute Gasteiger partial charge is 0.409 e. The van der Waals surface area contributed by atoms with Gasteiger partial charge in [-0.15, -0.1) is 0 Å². The van der Waals surface area contributed by atoms with Gasteiger partial charge in [-0.25, -0.2) is 9.78 Å². The molecule has 0 unspecified atom stereocenters. The van der Waals surface area contributed by atoms with Crippen molar-refractivity contribution in [1.82, 2.24) is 9.88 Å². The minimum absolute atomic E-state index is 0.159. The summed E-state index contributed by atoms with van der Waals surface area (Å²) in [5.74, 6) is 0.504. The second-order valence-corrected chi connectivity index (χ2v) is 7.00. The molecule has 2 aromatic rings. The fourth-order valence-electron chi connectivity index (χ4n) is 3.43. The normalized spacial score (nSPS) is 14.3. The number of aromatic nitrogens is 1. The Morgan fingerprint density at radius 2 is 1.93 bits per heavy atom. The quantitative estimate of drug-likeness (QED) is 0.773. The zero-order valence-electron chi connectivity index (χ0n) is 17.0. The Hall–Kier alpha value is -3.09. The molecule has 0 saturated carbocycles. The third-order valence-corrected chi connectivity index (χ3v) is 5.04. The predicted octanol–water partition coefficient (Wildman–Crippen LogP) is 3.93. The predicted molar refractivity (Wildman–Crippen MR) is 113 cm³/mol. The van der Waals surface area contributed by atoms with E-state index in [1.165, 1.54) is 0 Å². The van der Waals surface area contributed by atoms with Crippen LogP contribution in [0.25, 0.3) is 0 Å². The number of nitrogens with zero attached hydrogens (tertiary/aromatic N) is 2. The van der Waals surface area contributed by atoms with Gasteiger partial charge in [0.25, 0.3) is 5.91 Å². The average molecular weight is 396 g/mol. The SMILES string of the molecule is CCOC(=O)N1CCC(Nc2cc(C(=O)Nc3ccccc3CC)ccn2)CC1. The lowest BCUT2D eigenvalue weighted by Gasteiger charge is -2.31. The van der Waals surface area contributed by atoms with Crippen molar-refractivity contribution in [2.45, 2.75) is 39.2 Å². The molecule has 0 bridgehead atoms. The van der Waals surface area contributed by atoms with Crippen LogP contribution in [0.3, 0.4) is 0 Å². The molecule has 2 heterocycles. The van der Waals surface area contributed by atoms with Crippen molar-refractivity contribution in [2.75, 3.05) is 30.3 Å². The number of anilines is 2. The van der Waals surface area contributed by atoms with Crippen LogP contribution in [0.1, 0.15) is 42.6 Å². The second kappa shape index (κ2) is 9.91. The zero-order chi connectivity index (χ0) is 20.6. The molecule has 0 aliphatic carbocycles. The van der Waals surface area contributed by atoms with Crippen LogP contribution in [-0.4, -0.2) is 47.6 Å². The number of aryl methyl sites for hydroxylation is 1. The molecule has 7 heteroatoms. The summed E-state index contributed by atoms with van der Waals surface area (Å²) in [5.41, 5.74) is 2.48. The van der Waals surface area contributed by atoms with E-state index in [-0.39, 0.29) is 18.0 Å². The van der Waals surface area contributed by atoms with Crippen LogP contribution in [0, 0.1) is 0 Å². The Morgan fingerprint density at radius 3 is 2.66 bits per heavy atom. The van der Waals surface area contributed by atoms with Crippen LogP contribution in [0.4, 0.5) is 16.3 Å². The fraction of sp³-hybridized carbons (Fsp3) is 0.409. The standard InChI is InChI=1S/C22H28N4O3/c1-3-16-7-5-6-8-19(16)25-21(27)17-9-12-23-20(15-17)24-18-10-13-26(14-11-18)22(28)29-4-2/h5-9,12,15,18H,3-4,10-11,13-14H2,1-2H3,(H,23,24)(H,25,27). The maximum Gasteiger partial charge on any atom is 0.409 e. The van der Waals surface area contributed by atoms with Crippen molar-refractivity contribution in [1.29, 1.82) is 0 Å². The number of rotatable bonds is 6. The Balaban J connectivity index is 1.58. The van der Waals surface area contributed by atoms with E-state index >= 15 is 0 Å². The minimum Gasteiger partial charge on any atom is -0.450 e. The van der Waals surface area contributed by atoms with Crippen molar-refractivity contribution in [2.24, 2.45) is 0 Å². The highest BCUT2D eigenvalue weighted by Crippen LogP contribution is 2.19. The van der Waals surface area contributed by atoms with Crippen molar-refractivity contribution in [3.05, 3.63) is 53.7 Å². The molecule has 1 aliphatic heterocycles. The van der Waals surface area contributed by atoms with Crippen LogP contribution in [-0.2, 0) is 11.2 Å². The van der Waals surface area contributed by atoms with Gasteiger partial charge in [-0.3, -0.25) is 4.79 Å². The van der Waals surface area contributed by atoms with Crippen molar-refractivity contribution in [3.8, 4) is 0 Å². The summed E-state index contributed by atoms with van der Waals surface area (Å²) in [7, 11) is 0. The van der Waals surface area contributed by atoms with Crippen molar-refractivity contribution >= 4 is 23.5 Å². The lowest BCUT2D eigenvalue weighted by atomic mass is 10.1. The number of carbonyl (C=O) groups is 2. The summed E-state index contributed by atoms with van der Waals surface area (Å²) in [5, 5.41) is 6.37. The van der Waals surface area contributed by atoms with Crippen LogP contribution >= 0.6 is 0 Å². The van der Waals surface area contributed by atoms with E-state index in [0.717, 1.165) is 30.5 Å². The summed E-state index contributed by atoms with van der Waals surface area (Å²) in [6.07, 6.45) is 3.85. The van der Waals surface area contributed by atoms with E-state index in [9.17, 15) is 9.59 Å². The van der Waals surface area contributed by atoms with Gasteiger partial charge in [-0.05, 0) is 49.9 Å². The molecule has 0 spiro atoms. The second-order valence-electron chi connectivity index (χ2n) is 7.00. The van der Waals surface area contributed by atoms with Gasteiger partial charge < -0.3 is 20.3 Å². The Bertz CT molecular complexity index is 847. The number of nitrogens with one attached hydrogen (secondary N) is 2. The number of ether oxygens (including phenoxy) is 1. The molecule has 2 amide bonds. The molecule has 29 heavy (non-hydrogen) atoms. The lowest BCUT2D eigenvalue weighted by Crippen LogP contribution is -2.42. The molecule has 1 fully saturated rings. The molecule has 1 aromatic heterocycles. The fourth-order valence-corrected chi connectivity index (χ4v) is 3.43. The number of carbonyl (C=O) groups excluding carboxylic acids is 2. The highest BCUT2D eigenvalue weighted by Gasteiger charge is 2.23. The molecule has 1 aromatic carbocycles. The van der Waals surface area contributed by atoms with Gasteiger partial charge in [0.2, 0.25) is 0 Å². The van der Waals surface area contributed by atoms with Gasteiger partial charge in [0.15, 0.2) is 0 Å². The van der Waals surface area contributed by atoms with Gasteiger partial charge in [-0.1, -0.05) is 25.1 Å². The monoisotopic (exact) mass is 396 g/mol. The summed E-state index contributed by atoms with van der Waals surface area (Å²) >= 11 is 0. The number of pyridine rings is 1. The van der Waals surface area contributed by atoms with Gasteiger partial charge in [0.1, 0.15) is 5.82 Å². The number of likely N-dealkylation sites (tertiary alicyclic amines) is 1. The lowest BCUT2D eigenvalue weighted by molar-refractivity contribution is 0.0981. The van der Waals surface area contributed by atoms with Crippen molar-refractivity contribution in [3.63, 3.8) is 0 Å². The molecule has 1 aliphatic rings. The van der Waals surface area contributed by atoms with Crippen LogP contribution in [0.5, 0.6) is 0 Å². The first-order valence-electron chi connectivity index (χ1n) is 10.1. The van der Waals surface area contributed by atoms with E-state index in [4.69, 9.17) is 4.74 Å². The van der Waals surface area contributed by atoms with Crippen LogP contribution < -0.4 is 10.6 Å². The summed E-state index contributed by atoms with van der Waals surface area (Å²) in [6.45, 7) is 5.54. The largest absolute Gasteiger partial charge is 0.450 e. The molecule has 7 nitrogen and oxygen atoms in total. The van der Waals surface area contributed by atoms with E-state index in [0.29, 0.717) is 31.1 Å². The topological polar surface area (TPSA) is 83.6 Å². The molecule has 0 radical (unpaired) electrons. The first-order chi connectivity index (χ1) is 14.1. The summed E-state index contributed by atoms with van der Waals surface area (Å²) in [4.78, 5) is 30.6. The molecule has 0 atom stereocenters. The number of benzene rings is 1. The molecule has 3 rings (SSSR count). The first kappa shape index (κ1) is 20.6. The van der Waals surface area contributed by atoms with E-state index < -0.39 is 0 Å². The number of para-hydroxylation sites is 1. The summed E-state index contributed by atoms with van der Waals surface area (Å²) < 4.78 is 5.05. The van der Waals surface area contributed by atoms with Crippen molar-refractivity contribution < 1.29 is 14.3 Å². The maximum absolute atomic E-state index is 12.7. The Morgan fingerprint density at radius 1 is 1.17 bits per heavy atom. The number of amides is 2. The van der Waals surface area contributed by atoms with Crippen LogP contribution in [0.15, 0.2) is 42.6 Å². The van der Waals surface area contributed by atoms with Gasteiger partial charge in [-0.2, -0.15) is 0 Å². The summed E-state index contributed by atoms with van der Waals surface area (Å²) in [6, 6.07) is 11.5. The number of hydrogen-bond acceptors (Lipinski definition) is 5. The number of hydrogen-bond donors (Lipinski definition) is 2. The third-order valence-electron chi connectivity index (χ3n) is 5.04. The average Bonchev–Trinajstić information content (AvgIpc) is 2.75. The van der Waals surface area contributed by atoms with E-state index in [2.05, 4.69) is 22.5 Å². The maximum atomic E-state index is 12.7. The third kappa shape index (κ3) is 5.47. The molecular weight excluding hydrogens is 368 g/mol. The Kier molecular flexibility index (Phi) is 7.05. The van der Waals surface area contributed by atoms with Crippen LogP contribution in [0.2, 0.25) is 0 Å². The Labute approximate surface area is 171 Å². The zero-order valence-corrected chi connectivity index (χ0v) is 17.0. The molecule has 1 saturated heterocycles. The van der Waals surface area contributed by atoms with Gasteiger partial charge in [0, 0.05) is 36.6 Å². The minimum atomic E-state index is -0.255. The molecule has 154 valence electrons. The number of piperidine rings is 1. The highest BCUT2D eigenvalue weighted by atomic mass is 16.6. The van der Waals surface area contributed by atoms with E-state index in [1.54, 1.807) is 23.2 Å². The van der Waals surface area contributed by atoms with Gasteiger partial charge in [0.05, 0.1) is 6.61 Å². The van der Waals surface area contributed by atoms with Gasteiger partial charge >= 0.3 is 6.09 Å². The molecular formula is C22H28N4O3.